The Labute approximate surface area is 110 Å². The van der Waals surface area contributed by atoms with Crippen LogP contribution in [-0.4, -0.2) is 42.3 Å². The molecule has 2 fully saturated rings. The van der Waals surface area contributed by atoms with E-state index in [9.17, 15) is 13.5 Å². The highest BCUT2D eigenvalue weighted by atomic mass is 32.2. The van der Waals surface area contributed by atoms with Crippen molar-refractivity contribution in [1.82, 2.24) is 4.31 Å². The summed E-state index contributed by atoms with van der Waals surface area (Å²) in [5, 5.41) is 10.0. The van der Waals surface area contributed by atoms with E-state index in [0.717, 1.165) is 19.3 Å². The maximum Gasteiger partial charge on any atom is 0.214 e. The van der Waals surface area contributed by atoms with E-state index in [1.165, 1.54) is 23.6 Å². The molecule has 0 unspecified atom stereocenters. The highest BCUT2D eigenvalue weighted by Crippen LogP contribution is 2.31. The zero-order valence-electron chi connectivity index (χ0n) is 11.3. The molecule has 106 valence electrons. The summed E-state index contributed by atoms with van der Waals surface area (Å²) >= 11 is 0. The number of sulfonamides is 1. The van der Waals surface area contributed by atoms with Crippen LogP contribution in [0, 0.1) is 5.92 Å². The van der Waals surface area contributed by atoms with E-state index in [2.05, 4.69) is 0 Å². The molecule has 1 heterocycles. The number of hydrogen-bond acceptors (Lipinski definition) is 3. The summed E-state index contributed by atoms with van der Waals surface area (Å²) < 4.78 is 25.8. The van der Waals surface area contributed by atoms with E-state index >= 15 is 0 Å². The van der Waals surface area contributed by atoms with E-state index in [1.807, 2.05) is 6.92 Å². The molecule has 0 atom stereocenters. The SMILES string of the molecule is CCCC1(O)CN(S(=O)(=O)CC2CCCCC2)C1. The first-order valence-corrected chi connectivity index (χ1v) is 8.76. The minimum absolute atomic E-state index is 0.287. The van der Waals surface area contributed by atoms with Crippen LogP contribution in [0.3, 0.4) is 0 Å². The molecule has 18 heavy (non-hydrogen) atoms. The summed E-state index contributed by atoms with van der Waals surface area (Å²) in [6.07, 6.45) is 7.27. The Morgan fingerprint density at radius 3 is 2.39 bits per heavy atom. The average molecular weight is 275 g/mol. The minimum atomic E-state index is -3.14. The number of hydrogen-bond donors (Lipinski definition) is 1. The average Bonchev–Trinajstić information content (AvgIpc) is 2.27. The van der Waals surface area contributed by atoms with Gasteiger partial charge >= 0.3 is 0 Å². The quantitative estimate of drug-likeness (QED) is 0.831. The summed E-state index contributed by atoms with van der Waals surface area (Å²) in [7, 11) is -3.14. The Hall–Kier alpha value is -0.130. The summed E-state index contributed by atoms with van der Waals surface area (Å²) in [5.74, 6) is 0.624. The molecule has 1 saturated carbocycles. The van der Waals surface area contributed by atoms with Crippen molar-refractivity contribution in [3.63, 3.8) is 0 Å². The van der Waals surface area contributed by atoms with Gasteiger partial charge in [-0.05, 0) is 25.2 Å². The van der Waals surface area contributed by atoms with Crippen LogP contribution in [0.4, 0.5) is 0 Å². The van der Waals surface area contributed by atoms with Crippen molar-refractivity contribution in [3.05, 3.63) is 0 Å². The molecular weight excluding hydrogens is 250 g/mol. The third-order valence-electron chi connectivity index (χ3n) is 4.22. The largest absolute Gasteiger partial charge is 0.387 e. The molecule has 0 spiro atoms. The number of aliphatic hydroxyl groups is 1. The van der Waals surface area contributed by atoms with E-state index in [-0.39, 0.29) is 5.75 Å². The zero-order valence-corrected chi connectivity index (χ0v) is 12.1. The highest BCUT2D eigenvalue weighted by Gasteiger charge is 2.46. The first-order chi connectivity index (χ1) is 8.45. The fourth-order valence-electron chi connectivity index (χ4n) is 3.19. The van der Waals surface area contributed by atoms with E-state index < -0.39 is 15.6 Å². The van der Waals surface area contributed by atoms with Crippen LogP contribution in [0.1, 0.15) is 51.9 Å². The van der Waals surface area contributed by atoms with Crippen LogP contribution in [0.5, 0.6) is 0 Å². The van der Waals surface area contributed by atoms with Crippen molar-refractivity contribution in [2.24, 2.45) is 5.92 Å². The first kappa shape index (κ1) is 14.3. The van der Waals surface area contributed by atoms with Gasteiger partial charge < -0.3 is 5.11 Å². The van der Waals surface area contributed by atoms with E-state index in [4.69, 9.17) is 0 Å². The molecule has 0 aromatic carbocycles. The van der Waals surface area contributed by atoms with Crippen molar-refractivity contribution >= 4 is 10.0 Å². The standard InChI is InChI=1S/C13H25NO3S/c1-2-8-13(15)10-14(11-13)18(16,17)9-12-6-4-3-5-7-12/h12,15H,2-11H2,1H3. The third-order valence-corrected chi connectivity index (χ3v) is 6.16. The van der Waals surface area contributed by atoms with E-state index in [0.29, 0.717) is 25.4 Å². The highest BCUT2D eigenvalue weighted by molar-refractivity contribution is 7.89. The monoisotopic (exact) mass is 275 g/mol. The van der Waals surface area contributed by atoms with Gasteiger partial charge in [-0.1, -0.05) is 32.6 Å². The Balaban J connectivity index is 1.85. The van der Waals surface area contributed by atoms with Gasteiger partial charge in [-0.15, -0.1) is 0 Å². The lowest BCUT2D eigenvalue weighted by atomic mass is 9.91. The smallest absolute Gasteiger partial charge is 0.214 e. The molecule has 1 saturated heterocycles. The molecule has 0 amide bonds. The summed E-state index contributed by atoms with van der Waals surface area (Å²) in [6.45, 7) is 2.61. The molecular formula is C13H25NO3S. The van der Waals surface area contributed by atoms with Crippen molar-refractivity contribution in [3.8, 4) is 0 Å². The second kappa shape index (κ2) is 5.47. The summed E-state index contributed by atoms with van der Waals surface area (Å²) in [4.78, 5) is 0. The lowest BCUT2D eigenvalue weighted by Gasteiger charge is -2.45. The predicted octanol–water partition coefficient (Wildman–Crippen LogP) is 1.74. The number of nitrogens with zero attached hydrogens (tertiary/aromatic N) is 1. The molecule has 0 aromatic heterocycles. The molecule has 4 nitrogen and oxygen atoms in total. The molecule has 2 aliphatic rings. The second-order valence-corrected chi connectivity index (χ2v) is 8.04. The lowest BCUT2D eigenvalue weighted by molar-refractivity contribution is -0.0654. The maximum absolute atomic E-state index is 12.2. The van der Waals surface area contributed by atoms with Crippen LogP contribution >= 0.6 is 0 Å². The van der Waals surface area contributed by atoms with E-state index in [1.54, 1.807) is 0 Å². The van der Waals surface area contributed by atoms with Gasteiger partial charge in [-0.3, -0.25) is 0 Å². The normalized spacial score (nSPS) is 25.9. The van der Waals surface area contributed by atoms with Crippen molar-refractivity contribution in [2.75, 3.05) is 18.8 Å². The van der Waals surface area contributed by atoms with Crippen LogP contribution in [0.2, 0.25) is 0 Å². The van der Waals surface area contributed by atoms with Gasteiger partial charge in [0.1, 0.15) is 0 Å². The molecule has 1 N–H and O–H groups in total. The van der Waals surface area contributed by atoms with Gasteiger partial charge in [0.25, 0.3) is 0 Å². The Bertz CT molecular complexity index is 368. The van der Waals surface area contributed by atoms with Gasteiger partial charge in [0, 0.05) is 13.1 Å². The minimum Gasteiger partial charge on any atom is -0.387 e. The molecule has 1 aliphatic heterocycles. The Morgan fingerprint density at radius 1 is 1.22 bits per heavy atom. The Morgan fingerprint density at radius 2 is 1.83 bits per heavy atom. The zero-order chi connectivity index (χ0) is 13.2. The van der Waals surface area contributed by atoms with Crippen LogP contribution < -0.4 is 0 Å². The van der Waals surface area contributed by atoms with Gasteiger partial charge in [-0.25, -0.2) is 8.42 Å². The van der Waals surface area contributed by atoms with Crippen LogP contribution in [0.15, 0.2) is 0 Å². The fourth-order valence-corrected chi connectivity index (χ4v) is 5.20. The molecule has 5 heteroatoms. The third kappa shape index (κ3) is 3.25. The van der Waals surface area contributed by atoms with Gasteiger partial charge in [0.2, 0.25) is 10.0 Å². The topological polar surface area (TPSA) is 57.6 Å². The van der Waals surface area contributed by atoms with Gasteiger partial charge in [0.05, 0.1) is 11.4 Å². The lowest BCUT2D eigenvalue weighted by Crippen LogP contribution is -2.63. The maximum atomic E-state index is 12.2. The van der Waals surface area contributed by atoms with Gasteiger partial charge in [0.15, 0.2) is 0 Å². The predicted molar refractivity (Wildman–Crippen MR) is 71.8 cm³/mol. The fraction of sp³-hybridized carbons (Fsp3) is 1.00. The molecule has 0 radical (unpaired) electrons. The first-order valence-electron chi connectivity index (χ1n) is 7.15. The van der Waals surface area contributed by atoms with Crippen LogP contribution in [0.25, 0.3) is 0 Å². The van der Waals surface area contributed by atoms with Crippen molar-refractivity contribution in [2.45, 2.75) is 57.5 Å². The number of rotatable bonds is 5. The summed E-state index contributed by atoms with van der Waals surface area (Å²) in [6, 6.07) is 0. The number of β-amino-alcohol motifs (C(OH)–C–C–N with tert-alkyl or cyclic N) is 1. The van der Waals surface area contributed by atoms with Crippen LogP contribution in [-0.2, 0) is 10.0 Å². The van der Waals surface area contributed by atoms with Crippen molar-refractivity contribution in [1.29, 1.82) is 0 Å². The molecule has 0 aromatic rings. The molecule has 2 rings (SSSR count). The molecule has 0 bridgehead atoms. The van der Waals surface area contributed by atoms with Gasteiger partial charge in [-0.2, -0.15) is 4.31 Å². The second-order valence-electron chi connectivity index (χ2n) is 6.02. The summed E-state index contributed by atoms with van der Waals surface area (Å²) in [5.41, 5.74) is -0.756. The Kier molecular flexibility index (Phi) is 4.34. The molecule has 1 aliphatic carbocycles. The van der Waals surface area contributed by atoms with Crippen molar-refractivity contribution < 1.29 is 13.5 Å².